The molecule has 1 atom stereocenters. The third-order valence-corrected chi connectivity index (χ3v) is 2.90. The second-order valence-corrected chi connectivity index (χ2v) is 4.97. The fourth-order valence-corrected chi connectivity index (χ4v) is 2.22. The van der Waals surface area contributed by atoms with E-state index in [-0.39, 0.29) is 0 Å². The van der Waals surface area contributed by atoms with Gasteiger partial charge in [-0.2, -0.15) is 0 Å². The molecule has 70 valence electrons. The van der Waals surface area contributed by atoms with Gasteiger partial charge in [-0.1, -0.05) is 32.1 Å². The minimum absolute atomic E-state index is 0.609. The lowest BCUT2D eigenvalue weighted by Crippen LogP contribution is -2.23. The van der Waals surface area contributed by atoms with Crippen molar-refractivity contribution in [1.82, 2.24) is 0 Å². The average Bonchev–Trinajstić information content (AvgIpc) is 2.06. The van der Waals surface area contributed by atoms with Gasteiger partial charge >= 0.3 is 0 Å². The Balaban J connectivity index is 2.33. The molecule has 1 fully saturated rings. The molecular weight excluding hydrogens is 172 g/mol. The average molecular weight is 189 g/mol. The Morgan fingerprint density at radius 1 is 1.42 bits per heavy atom. The monoisotopic (exact) mass is 188 g/mol. The van der Waals surface area contributed by atoms with Crippen molar-refractivity contribution in [2.75, 3.05) is 0 Å². The molecular formula is C10H17ClO. The number of alkyl halides is 1. The molecule has 0 radical (unpaired) electrons. The predicted molar refractivity (Wildman–Crippen MR) is 51.5 cm³/mol. The first kappa shape index (κ1) is 10.0. The summed E-state index contributed by atoms with van der Waals surface area (Å²) in [7, 11) is 0. The molecule has 1 rings (SSSR count). The Hall–Kier alpha value is -0.0400. The van der Waals surface area contributed by atoms with E-state index in [9.17, 15) is 4.79 Å². The van der Waals surface area contributed by atoms with Crippen LogP contribution in [-0.2, 0) is 4.79 Å². The summed E-state index contributed by atoms with van der Waals surface area (Å²) >= 11 is 5.99. The number of carbonyl (C=O) groups excluding carboxylic acids is 1. The molecule has 0 aromatic carbocycles. The zero-order chi connectivity index (χ0) is 9.03. The Kier molecular flexibility index (Phi) is 3.57. The molecule has 0 spiro atoms. The maximum absolute atomic E-state index is 10.6. The lowest BCUT2D eigenvalue weighted by molar-refractivity contribution is -0.110. The maximum atomic E-state index is 10.6. The molecule has 1 saturated carbocycles. The smallest absolute Gasteiger partial charge is 0.140 e. The van der Waals surface area contributed by atoms with Gasteiger partial charge in [0.05, 0.1) is 4.87 Å². The zero-order valence-corrected chi connectivity index (χ0v) is 8.44. The number of hydrogen-bond donors (Lipinski definition) is 0. The summed E-state index contributed by atoms with van der Waals surface area (Å²) in [5.41, 5.74) is 0. The van der Waals surface area contributed by atoms with Crippen molar-refractivity contribution in [1.29, 1.82) is 0 Å². The Bertz CT molecular complexity index is 148. The van der Waals surface area contributed by atoms with E-state index in [0.717, 1.165) is 12.7 Å². The van der Waals surface area contributed by atoms with Gasteiger partial charge < -0.3 is 4.79 Å². The SMILES string of the molecule is CC(Cl)(C=O)CC1CCCCC1. The summed E-state index contributed by atoms with van der Waals surface area (Å²) in [5, 5.41) is 0. The zero-order valence-electron chi connectivity index (χ0n) is 7.68. The first-order valence-corrected chi connectivity index (χ1v) is 5.17. The molecule has 0 saturated heterocycles. The van der Waals surface area contributed by atoms with Gasteiger partial charge in [-0.25, -0.2) is 0 Å². The van der Waals surface area contributed by atoms with Gasteiger partial charge in [0.2, 0.25) is 0 Å². The van der Waals surface area contributed by atoms with Crippen molar-refractivity contribution in [3.8, 4) is 0 Å². The lowest BCUT2D eigenvalue weighted by Gasteiger charge is -2.26. The molecule has 1 aliphatic rings. The largest absolute Gasteiger partial charge is 0.301 e. The minimum atomic E-state index is -0.609. The van der Waals surface area contributed by atoms with Crippen LogP contribution in [-0.4, -0.2) is 11.2 Å². The van der Waals surface area contributed by atoms with Gasteiger partial charge in [0.1, 0.15) is 6.29 Å². The highest BCUT2D eigenvalue weighted by Gasteiger charge is 2.25. The van der Waals surface area contributed by atoms with Crippen molar-refractivity contribution in [2.45, 2.75) is 50.3 Å². The molecule has 0 heterocycles. The van der Waals surface area contributed by atoms with Crippen molar-refractivity contribution >= 4 is 17.9 Å². The van der Waals surface area contributed by atoms with Crippen LogP contribution in [0.15, 0.2) is 0 Å². The number of aldehydes is 1. The molecule has 2 heteroatoms. The fourth-order valence-electron chi connectivity index (χ4n) is 2.00. The number of carbonyl (C=O) groups is 1. The quantitative estimate of drug-likeness (QED) is 0.491. The molecule has 0 amide bonds. The molecule has 1 unspecified atom stereocenters. The Morgan fingerprint density at radius 2 is 2.00 bits per heavy atom. The van der Waals surface area contributed by atoms with Crippen LogP contribution in [0.3, 0.4) is 0 Å². The molecule has 1 aliphatic carbocycles. The minimum Gasteiger partial charge on any atom is -0.301 e. The van der Waals surface area contributed by atoms with Crippen LogP contribution < -0.4 is 0 Å². The van der Waals surface area contributed by atoms with Gasteiger partial charge in [0.25, 0.3) is 0 Å². The molecule has 1 nitrogen and oxygen atoms in total. The number of rotatable bonds is 3. The summed E-state index contributed by atoms with van der Waals surface area (Å²) in [6.45, 7) is 1.82. The van der Waals surface area contributed by atoms with Crippen molar-refractivity contribution < 1.29 is 4.79 Å². The van der Waals surface area contributed by atoms with Crippen molar-refractivity contribution in [3.05, 3.63) is 0 Å². The van der Waals surface area contributed by atoms with Crippen LogP contribution in [0.2, 0.25) is 0 Å². The van der Waals surface area contributed by atoms with E-state index < -0.39 is 4.87 Å². The highest BCUT2D eigenvalue weighted by Crippen LogP contribution is 2.32. The van der Waals surface area contributed by atoms with E-state index >= 15 is 0 Å². The molecule has 0 aromatic rings. The van der Waals surface area contributed by atoms with Crippen LogP contribution >= 0.6 is 11.6 Å². The summed E-state index contributed by atoms with van der Waals surface area (Å²) in [6, 6.07) is 0. The second kappa shape index (κ2) is 4.27. The fraction of sp³-hybridized carbons (Fsp3) is 0.900. The Labute approximate surface area is 79.5 Å². The van der Waals surface area contributed by atoms with Gasteiger partial charge in [0.15, 0.2) is 0 Å². The van der Waals surface area contributed by atoms with E-state index in [2.05, 4.69) is 0 Å². The van der Waals surface area contributed by atoms with E-state index in [0.29, 0.717) is 5.92 Å². The predicted octanol–water partition coefficient (Wildman–Crippen LogP) is 3.15. The van der Waals surface area contributed by atoms with Gasteiger partial charge in [-0.05, 0) is 19.3 Å². The molecule has 0 aromatic heterocycles. The standard InChI is InChI=1S/C10H17ClO/c1-10(11,8-12)7-9-5-3-2-4-6-9/h8-9H,2-7H2,1H3. The highest BCUT2D eigenvalue weighted by atomic mass is 35.5. The highest BCUT2D eigenvalue weighted by molar-refractivity contribution is 6.31. The topological polar surface area (TPSA) is 17.1 Å². The van der Waals surface area contributed by atoms with Crippen LogP contribution in [0.5, 0.6) is 0 Å². The number of hydrogen-bond acceptors (Lipinski definition) is 1. The summed E-state index contributed by atoms with van der Waals surface area (Å²) in [5.74, 6) is 0.687. The second-order valence-electron chi connectivity index (χ2n) is 4.10. The number of halogens is 1. The van der Waals surface area contributed by atoms with Crippen molar-refractivity contribution in [2.24, 2.45) is 5.92 Å². The first-order valence-electron chi connectivity index (χ1n) is 4.79. The molecule has 0 bridgehead atoms. The van der Waals surface area contributed by atoms with E-state index in [1.165, 1.54) is 32.1 Å². The van der Waals surface area contributed by atoms with Crippen LogP contribution in [0.25, 0.3) is 0 Å². The summed E-state index contributed by atoms with van der Waals surface area (Å²) in [6.07, 6.45) is 8.25. The van der Waals surface area contributed by atoms with Gasteiger partial charge in [-0.3, -0.25) is 0 Å². The Morgan fingerprint density at radius 3 is 2.50 bits per heavy atom. The third kappa shape index (κ3) is 3.14. The third-order valence-electron chi connectivity index (χ3n) is 2.66. The van der Waals surface area contributed by atoms with E-state index in [1.54, 1.807) is 0 Å². The molecule has 0 N–H and O–H groups in total. The van der Waals surface area contributed by atoms with Crippen molar-refractivity contribution in [3.63, 3.8) is 0 Å². The lowest BCUT2D eigenvalue weighted by atomic mass is 9.83. The van der Waals surface area contributed by atoms with Gasteiger partial charge in [-0.15, -0.1) is 11.6 Å². The van der Waals surface area contributed by atoms with Crippen LogP contribution in [0.1, 0.15) is 45.4 Å². The molecule has 12 heavy (non-hydrogen) atoms. The maximum Gasteiger partial charge on any atom is 0.140 e. The summed E-state index contributed by atoms with van der Waals surface area (Å²) < 4.78 is 0. The van der Waals surface area contributed by atoms with Crippen LogP contribution in [0.4, 0.5) is 0 Å². The summed E-state index contributed by atoms with van der Waals surface area (Å²) in [4.78, 5) is 9.96. The first-order chi connectivity index (χ1) is 5.64. The normalized spacial score (nSPS) is 24.8. The van der Waals surface area contributed by atoms with Gasteiger partial charge in [0, 0.05) is 0 Å². The van der Waals surface area contributed by atoms with E-state index in [1.807, 2.05) is 6.92 Å². The molecule has 0 aliphatic heterocycles. The van der Waals surface area contributed by atoms with E-state index in [4.69, 9.17) is 11.6 Å². The van der Waals surface area contributed by atoms with Crippen LogP contribution in [0, 0.1) is 5.92 Å².